The molecule has 0 aliphatic heterocycles. The monoisotopic (exact) mass is 317 g/mol. The normalized spacial score (nSPS) is 11.4. The van der Waals surface area contributed by atoms with Crippen molar-refractivity contribution < 1.29 is 13.2 Å². The summed E-state index contributed by atoms with van der Waals surface area (Å²) in [4.78, 5) is 0. The molecule has 0 amide bonds. The summed E-state index contributed by atoms with van der Waals surface area (Å²) in [7, 11) is 0. The van der Waals surface area contributed by atoms with Gasteiger partial charge in [-0.2, -0.15) is 4.39 Å². The molecule has 98 valence electrons. The molecule has 0 unspecified atom stereocenters. The Bertz CT molecular complexity index is 580. The van der Waals surface area contributed by atoms with Crippen molar-refractivity contribution in [3.05, 3.63) is 33.5 Å². The van der Waals surface area contributed by atoms with E-state index in [1.807, 2.05) is 6.92 Å². The van der Waals surface area contributed by atoms with Crippen molar-refractivity contribution >= 4 is 26.9 Å². The van der Waals surface area contributed by atoms with Crippen LogP contribution in [0.25, 0.3) is 11.0 Å². The van der Waals surface area contributed by atoms with E-state index in [0.717, 1.165) is 24.6 Å². The number of benzene rings is 1. The fourth-order valence-electron chi connectivity index (χ4n) is 1.91. The Morgan fingerprint density at radius 2 is 2.11 bits per heavy atom. The summed E-state index contributed by atoms with van der Waals surface area (Å²) >= 11 is 3.24. The van der Waals surface area contributed by atoms with E-state index in [1.165, 1.54) is 0 Å². The van der Waals surface area contributed by atoms with Gasteiger partial charge in [0.2, 0.25) is 5.82 Å². The summed E-state index contributed by atoms with van der Waals surface area (Å²) in [6.07, 6.45) is 1.01. The molecule has 0 aliphatic rings. The summed E-state index contributed by atoms with van der Waals surface area (Å²) in [5.41, 5.74) is 0.812. The van der Waals surface area contributed by atoms with Gasteiger partial charge >= 0.3 is 0 Å². The fraction of sp³-hybridized carbons (Fsp3) is 0.385. The summed E-state index contributed by atoms with van der Waals surface area (Å²) in [5.74, 6) is -1.20. The van der Waals surface area contributed by atoms with Gasteiger partial charge in [0.1, 0.15) is 5.76 Å². The predicted octanol–water partition coefficient (Wildman–Crippen LogP) is 4.28. The van der Waals surface area contributed by atoms with Gasteiger partial charge in [0.15, 0.2) is 11.4 Å². The first-order valence-electron chi connectivity index (χ1n) is 5.82. The molecular weight excluding hydrogens is 304 g/mol. The molecule has 1 N–H and O–H groups in total. The number of nitrogens with one attached hydrogen (secondary N) is 1. The molecule has 0 aliphatic carbocycles. The molecule has 0 saturated heterocycles. The predicted molar refractivity (Wildman–Crippen MR) is 70.6 cm³/mol. The maximum atomic E-state index is 13.6. The Kier molecular flexibility index (Phi) is 4.02. The average Bonchev–Trinajstić information content (AvgIpc) is 2.65. The number of hydrogen-bond donors (Lipinski definition) is 1. The molecule has 0 atom stereocenters. The third-order valence-corrected chi connectivity index (χ3v) is 3.48. The minimum atomic E-state index is -0.932. The molecular formula is C13H14BrF2NO. The van der Waals surface area contributed by atoms with Crippen LogP contribution in [0.4, 0.5) is 8.78 Å². The van der Waals surface area contributed by atoms with Crippen LogP contribution in [0, 0.1) is 18.6 Å². The molecule has 0 radical (unpaired) electrons. The average molecular weight is 318 g/mol. The van der Waals surface area contributed by atoms with Gasteiger partial charge in [-0.3, -0.25) is 0 Å². The number of rotatable bonds is 4. The highest BCUT2D eigenvalue weighted by molar-refractivity contribution is 9.10. The van der Waals surface area contributed by atoms with E-state index in [2.05, 4.69) is 28.2 Å². The molecule has 0 fully saturated rings. The SMILES string of the molecule is CCCNCc1oc2c(F)c(F)cc(Br)c2c1C. The Morgan fingerprint density at radius 3 is 2.78 bits per heavy atom. The zero-order valence-corrected chi connectivity index (χ0v) is 11.8. The summed E-state index contributed by atoms with van der Waals surface area (Å²) in [5, 5.41) is 3.78. The van der Waals surface area contributed by atoms with E-state index < -0.39 is 11.6 Å². The molecule has 1 aromatic carbocycles. The summed E-state index contributed by atoms with van der Waals surface area (Å²) < 4.78 is 32.9. The van der Waals surface area contributed by atoms with Gasteiger partial charge in [-0.05, 0) is 41.9 Å². The van der Waals surface area contributed by atoms with E-state index in [4.69, 9.17) is 4.42 Å². The van der Waals surface area contributed by atoms with E-state index in [9.17, 15) is 8.78 Å². The van der Waals surface area contributed by atoms with Crippen LogP contribution in [0.15, 0.2) is 15.0 Å². The van der Waals surface area contributed by atoms with Crippen LogP contribution in [0.1, 0.15) is 24.7 Å². The quantitative estimate of drug-likeness (QED) is 0.672. The van der Waals surface area contributed by atoms with Gasteiger partial charge in [0, 0.05) is 15.4 Å². The van der Waals surface area contributed by atoms with Crippen LogP contribution in [-0.4, -0.2) is 6.54 Å². The number of hydrogen-bond acceptors (Lipinski definition) is 2. The van der Waals surface area contributed by atoms with Gasteiger partial charge in [0.25, 0.3) is 0 Å². The Hall–Kier alpha value is -0.940. The van der Waals surface area contributed by atoms with Gasteiger partial charge in [-0.15, -0.1) is 0 Å². The second-order valence-electron chi connectivity index (χ2n) is 4.19. The molecule has 2 aromatic rings. The number of fused-ring (bicyclic) bond motifs is 1. The maximum absolute atomic E-state index is 13.6. The van der Waals surface area contributed by atoms with Gasteiger partial charge in [0.05, 0.1) is 6.54 Å². The molecule has 2 nitrogen and oxygen atoms in total. The second kappa shape index (κ2) is 5.36. The van der Waals surface area contributed by atoms with E-state index >= 15 is 0 Å². The van der Waals surface area contributed by atoms with Crippen molar-refractivity contribution in [2.45, 2.75) is 26.8 Å². The first-order valence-corrected chi connectivity index (χ1v) is 6.61. The zero-order valence-electron chi connectivity index (χ0n) is 10.2. The van der Waals surface area contributed by atoms with Crippen molar-refractivity contribution in [3.8, 4) is 0 Å². The Labute approximate surface area is 112 Å². The lowest BCUT2D eigenvalue weighted by Crippen LogP contribution is -2.13. The van der Waals surface area contributed by atoms with Crippen molar-refractivity contribution in [1.82, 2.24) is 5.32 Å². The maximum Gasteiger partial charge on any atom is 0.201 e. The lowest BCUT2D eigenvalue weighted by molar-refractivity contribution is 0.467. The topological polar surface area (TPSA) is 25.2 Å². The minimum absolute atomic E-state index is 0.0207. The van der Waals surface area contributed by atoms with E-state index in [-0.39, 0.29) is 5.58 Å². The minimum Gasteiger partial charge on any atom is -0.456 e. The lowest BCUT2D eigenvalue weighted by Gasteiger charge is -2.00. The van der Waals surface area contributed by atoms with Crippen LogP contribution < -0.4 is 5.32 Å². The molecule has 0 bridgehead atoms. The molecule has 5 heteroatoms. The highest BCUT2D eigenvalue weighted by Crippen LogP contribution is 2.34. The van der Waals surface area contributed by atoms with Gasteiger partial charge in [-0.1, -0.05) is 6.92 Å². The smallest absolute Gasteiger partial charge is 0.201 e. The van der Waals surface area contributed by atoms with Crippen molar-refractivity contribution in [2.24, 2.45) is 0 Å². The highest BCUT2D eigenvalue weighted by Gasteiger charge is 2.19. The van der Waals surface area contributed by atoms with Crippen molar-refractivity contribution in [3.63, 3.8) is 0 Å². The summed E-state index contributed by atoms with van der Waals surface area (Å²) in [6.45, 7) is 5.28. The Morgan fingerprint density at radius 1 is 1.39 bits per heavy atom. The number of aryl methyl sites for hydroxylation is 1. The highest BCUT2D eigenvalue weighted by atomic mass is 79.9. The van der Waals surface area contributed by atoms with Crippen molar-refractivity contribution in [1.29, 1.82) is 0 Å². The van der Waals surface area contributed by atoms with Gasteiger partial charge in [-0.25, -0.2) is 4.39 Å². The summed E-state index contributed by atoms with van der Waals surface area (Å²) in [6, 6.07) is 1.13. The molecule has 0 spiro atoms. The van der Waals surface area contributed by atoms with Crippen LogP contribution in [-0.2, 0) is 6.54 Å². The van der Waals surface area contributed by atoms with Gasteiger partial charge < -0.3 is 9.73 Å². The Balaban J connectivity index is 2.49. The van der Waals surface area contributed by atoms with Crippen LogP contribution >= 0.6 is 15.9 Å². The van der Waals surface area contributed by atoms with Crippen molar-refractivity contribution in [2.75, 3.05) is 6.54 Å². The third-order valence-electron chi connectivity index (χ3n) is 2.86. The molecule has 2 rings (SSSR count). The number of furan rings is 1. The molecule has 18 heavy (non-hydrogen) atoms. The van der Waals surface area contributed by atoms with E-state index in [1.54, 1.807) is 0 Å². The third kappa shape index (κ3) is 2.29. The number of halogens is 3. The zero-order chi connectivity index (χ0) is 13.3. The molecule has 1 heterocycles. The largest absolute Gasteiger partial charge is 0.456 e. The van der Waals surface area contributed by atoms with Crippen LogP contribution in [0.5, 0.6) is 0 Å². The first-order chi connectivity index (χ1) is 8.56. The lowest BCUT2D eigenvalue weighted by atomic mass is 10.1. The second-order valence-corrected chi connectivity index (χ2v) is 5.04. The molecule has 0 saturated carbocycles. The van der Waals surface area contributed by atoms with Crippen LogP contribution in [0.3, 0.4) is 0 Å². The standard InChI is InChI=1S/C13H14BrF2NO/c1-3-4-17-6-10-7(2)11-8(14)5-9(15)12(16)13(11)18-10/h5,17H,3-4,6H2,1-2H3. The fourth-order valence-corrected chi connectivity index (χ4v) is 2.58. The first kappa shape index (κ1) is 13.5. The van der Waals surface area contributed by atoms with E-state index in [0.29, 0.717) is 22.2 Å². The molecule has 1 aromatic heterocycles. The van der Waals surface area contributed by atoms with Crippen LogP contribution in [0.2, 0.25) is 0 Å².